The molecule has 3 heterocycles. The molecule has 0 aliphatic carbocycles. The van der Waals surface area contributed by atoms with Gasteiger partial charge in [-0.05, 0) is 84.9 Å². The van der Waals surface area contributed by atoms with E-state index in [4.69, 9.17) is 19.4 Å². The van der Waals surface area contributed by atoms with Gasteiger partial charge in [0, 0.05) is 17.3 Å². The van der Waals surface area contributed by atoms with E-state index in [1.165, 1.54) is 5.39 Å². The highest BCUT2D eigenvalue weighted by Crippen LogP contribution is 2.37. The van der Waals surface area contributed by atoms with Crippen molar-refractivity contribution in [3.05, 3.63) is 109 Å². The quantitative estimate of drug-likeness (QED) is 0.230. The van der Waals surface area contributed by atoms with Crippen LogP contribution >= 0.6 is 0 Å². The van der Waals surface area contributed by atoms with E-state index in [0.29, 0.717) is 5.82 Å². The lowest BCUT2D eigenvalue weighted by atomic mass is 9.78. The lowest BCUT2D eigenvalue weighted by molar-refractivity contribution is 0.00578. The van der Waals surface area contributed by atoms with E-state index in [9.17, 15) is 0 Å². The van der Waals surface area contributed by atoms with Crippen LogP contribution < -0.4 is 5.46 Å². The van der Waals surface area contributed by atoms with Crippen LogP contribution in [0.15, 0.2) is 109 Å². The molecular weight excluding hydrogens is 493 g/mol. The molecule has 0 unspecified atom stereocenters. The fourth-order valence-corrected chi connectivity index (χ4v) is 5.28. The van der Waals surface area contributed by atoms with E-state index >= 15 is 0 Å². The molecule has 0 atom stereocenters. The Kier molecular flexibility index (Phi) is 5.67. The van der Waals surface area contributed by atoms with Crippen LogP contribution in [-0.2, 0) is 9.31 Å². The van der Waals surface area contributed by atoms with Gasteiger partial charge in [0.2, 0.25) is 0 Å². The lowest BCUT2D eigenvalue weighted by Crippen LogP contribution is -2.41. The van der Waals surface area contributed by atoms with Crippen LogP contribution in [0.2, 0.25) is 0 Å². The van der Waals surface area contributed by atoms with E-state index in [2.05, 4.69) is 107 Å². The van der Waals surface area contributed by atoms with Crippen molar-refractivity contribution in [3.63, 3.8) is 0 Å². The number of fused-ring (bicyclic) bond motifs is 2. The minimum atomic E-state index is -0.369. The third-order valence-electron chi connectivity index (χ3n) is 8.29. The van der Waals surface area contributed by atoms with Crippen molar-refractivity contribution in [2.45, 2.75) is 38.9 Å². The van der Waals surface area contributed by atoms with Gasteiger partial charge in [0.1, 0.15) is 0 Å². The highest BCUT2D eigenvalue weighted by molar-refractivity contribution is 6.62. The predicted molar refractivity (Wildman–Crippen MR) is 163 cm³/mol. The van der Waals surface area contributed by atoms with Crippen molar-refractivity contribution < 1.29 is 9.31 Å². The Bertz CT molecular complexity index is 1860. The maximum atomic E-state index is 6.27. The largest absolute Gasteiger partial charge is 0.494 e. The Labute approximate surface area is 234 Å². The Balaban J connectivity index is 1.21. The van der Waals surface area contributed by atoms with Crippen molar-refractivity contribution in [2.24, 2.45) is 0 Å². The average Bonchev–Trinajstić information content (AvgIpc) is 3.50. The first-order valence-electron chi connectivity index (χ1n) is 13.7. The van der Waals surface area contributed by atoms with Crippen LogP contribution in [0.1, 0.15) is 27.7 Å². The van der Waals surface area contributed by atoms with Crippen molar-refractivity contribution >= 4 is 29.0 Å². The summed E-state index contributed by atoms with van der Waals surface area (Å²) in [5.74, 6) is 0.707. The summed E-state index contributed by atoms with van der Waals surface area (Å²) in [6.07, 6.45) is 1.95. The third kappa shape index (κ3) is 4.21. The molecule has 2 aromatic heterocycles. The fraction of sp³-hybridized carbons (Fsp3) is 0.176. The first-order chi connectivity index (χ1) is 19.3. The molecule has 0 spiro atoms. The molecule has 40 heavy (non-hydrogen) atoms. The van der Waals surface area contributed by atoms with Crippen LogP contribution in [-0.4, -0.2) is 32.9 Å². The summed E-state index contributed by atoms with van der Waals surface area (Å²) in [5, 5.41) is 7.13. The molecule has 7 rings (SSSR count). The third-order valence-corrected chi connectivity index (χ3v) is 8.29. The molecule has 196 valence electrons. The monoisotopic (exact) mass is 523 g/mol. The van der Waals surface area contributed by atoms with Gasteiger partial charge in [-0.1, -0.05) is 78.9 Å². The summed E-state index contributed by atoms with van der Waals surface area (Å²) in [7, 11) is -0.369. The maximum Gasteiger partial charge on any atom is 0.494 e. The van der Waals surface area contributed by atoms with Crippen LogP contribution in [0.4, 0.5) is 0 Å². The zero-order valence-electron chi connectivity index (χ0n) is 23.1. The zero-order valence-corrected chi connectivity index (χ0v) is 23.1. The molecule has 0 radical (unpaired) electrons. The highest BCUT2D eigenvalue weighted by atomic mass is 16.7. The second kappa shape index (κ2) is 9.15. The van der Waals surface area contributed by atoms with Crippen LogP contribution in [0.5, 0.6) is 0 Å². The van der Waals surface area contributed by atoms with Gasteiger partial charge in [0.25, 0.3) is 0 Å². The molecule has 1 fully saturated rings. The summed E-state index contributed by atoms with van der Waals surface area (Å²) in [5.41, 5.74) is 6.60. The predicted octanol–water partition coefficient (Wildman–Crippen LogP) is 7.18. The van der Waals surface area contributed by atoms with Crippen LogP contribution in [0.25, 0.3) is 50.1 Å². The Morgan fingerprint density at radius 3 is 2.10 bits per heavy atom. The fourth-order valence-electron chi connectivity index (χ4n) is 5.28. The van der Waals surface area contributed by atoms with Gasteiger partial charge in [-0.25, -0.2) is 9.50 Å². The molecule has 5 nitrogen and oxygen atoms in total. The minimum Gasteiger partial charge on any atom is -0.399 e. The number of benzene rings is 4. The zero-order chi connectivity index (χ0) is 27.5. The summed E-state index contributed by atoms with van der Waals surface area (Å²) >= 11 is 0. The molecule has 6 aromatic rings. The van der Waals surface area contributed by atoms with E-state index in [1.54, 1.807) is 0 Å². The van der Waals surface area contributed by atoms with Gasteiger partial charge >= 0.3 is 7.12 Å². The topological polar surface area (TPSA) is 48.7 Å². The normalized spacial score (nSPS) is 16.1. The summed E-state index contributed by atoms with van der Waals surface area (Å²) in [6.45, 7) is 8.33. The molecule has 1 aliphatic heterocycles. The molecule has 0 saturated carbocycles. The highest BCUT2D eigenvalue weighted by Gasteiger charge is 2.51. The summed E-state index contributed by atoms with van der Waals surface area (Å²) in [4.78, 5) is 4.94. The molecule has 0 amide bonds. The maximum absolute atomic E-state index is 6.27. The molecule has 0 N–H and O–H groups in total. The van der Waals surface area contributed by atoms with E-state index in [-0.39, 0.29) is 18.3 Å². The Morgan fingerprint density at radius 1 is 0.625 bits per heavy atom. The smallest absolute Gasteiger partial charge is 0.399 e. The second-order valence-corrected chi connectivity index (χ2v) is 11.5. The molecule has 6 heteroatoms. The number of rotatable bonds is 4. The number of hydrogen-bond donors (Lipinski definition) is 0. The Hall–Kier alpha value is -4.26. The van der Waals surface area contributed by atoms with E-state index in [1.807, 2.05) is 35.0 Å². The first kappa shape index (κ1) is 24.8. The number of aromatic nitrogens is 3. The van der Waals surface area contributed by atoms with Crippen molar-refractivity contribution in [3.8, 4) is 33.6 Å². The van der Waals surface area contributed by atoms with Gasteiger partial charge < -0.3 is 9.31 Å². The first-order valence-corrected chi connectivity index (χ1v) is 13.7. The lowest BCUT2D eigenvalue weighted by Gasteiger charge is -2.32. The van der Waals surface area contributed by atoms with Gasteiger partial charge in [-0.3, -0.25) is 0 Å². The van der Waals surface area contributed by atoms with E-state index < -0.39 is 0 Å². The van der Waals surface area contributed by atoms with Crippen molar-refractivity contribution in [2.75, 3.05) is 0 Å². The molecule has 1 aliphatic rings. The van der Waals surface area contributed by atoms with Gasteiger partial charge in [0.15, 0.2) is 11.5 Å². The van der Waals surface area contributed by atoms with E-state index in [0.717, 1.165) is 44.3 Å². The SMILES string of the molecule is CC1(C)OB(c2ccc3cc(-c4cccc(-c5nc6c(-c7ccccc7)cccn6n5)c4)ccc3c2)OC1(C)C. The number of nitrogens with zero attached hydrogens (tertiary/aromatic N) is 3. The van der Waals surface area contributed by atoms with Crippen molar-refractivity contribution in [1.82, 2.24) is 14.6 Å². The van der Waals surface area contributed by atoms with Crippen LogP contribution in [0.3, 0.4) is 0 Å². The summed E-state index contributed by atoms with van der Waals surface area (Å²) in [6, 6.07) is 35.8. The Morgan fingerprint density at radius 2 is 1.30 bits per heavy atom. The standard InChI is InChI=1S/C34H30BN3O2/c1-33(2)34(3,4)40-35(39-33)29-18-17-26-20-25(15-16-27(26)22-29)24-12-8-13-28(21-24)31-36-32-30(14-9-19-38(32)37-31)23-10-6-5-7-11-23/h5-22H,1-4H3. The number of pyridine rings is 1. The average molecular weight is 523 g/mol. The molecule has 4 aromatic carbocycles. The van der Waals surface area contributed by atoms with Crippen molar-refractivity contribution in [1.29, 1.82) is 0 Å². The second-order valence-electron chi connectivity index (χ2n) is 11.5. The van der Waals surface area contributed by atoms with Gasteiger partial charge in [-0.15, -0.1) is 5.10 Å². The summed E-state index contributed by atoms with van der Waals surface area (Å²) < 4.78 is 14.4. The van der Waals surface area contributed by atoms with Crippen LogP contribution in [0, 0.1) is 0 Å². The minimum absolute atomic E-state index is 0.361. The van der Waals surface area contributed by atoms with Gasteiger partial charge in [0.05, 0.1) is 11.2 Å². The molecular formula is C34H30BN3O2. The molecule has 0 bridgehead atoms. The van der Waals surface area contributed by atoms with Gasteiger partial charge in [-0.2, -0.15) is 0 Å². The molecule has 1 saturated heterocycles. The number of hydrogen-bond acceptors (Lipinski definition) is 4.